The molecule has 0 spiro atoms. The van der Waals surface area contributed by atoms with Crippen LogP contribution in [-0.4, -0.2) is 29.5 Å². The van der Waals surface area contributed by atoms with Crippen LogP contribution >= 0.6 is 0 Å². The van der Waals surface area contributed by atoms with Crippen LogP contribution in [0.15, 0.2) is 33.6 Å². The highest BCUT2D eigenvalue weighted by Gasteiger charge is 2.16. The lowest BCUT2D eigenvalue weighted by molar-refractivity contribution is 0.398. The Hall–Kier alpha value is -2.64. The van der Waals surface area contributed by atoms with Gasteiger partial charge in [-0.05, 0) is 6.07 Å². The van der Waals surface area contributed by atoms with Crippen molar-refractivity contribution in [2.45, 2.75) is 0 Å². The van der Waals surface area contributed by atoms with Crippen LogP contribution in [0.2, 0.25) is 0 Å². The summed E-state index contributed by atoms with van der Waals surface area (Å²) in [5, 5.41) is 11.2. The first-order valence-corrected chi connectivity index (χ1v) is 4.72. The minimum Gasteiger partial charge on any atom is -0.481 e. The third-order valence-corrected chi connectivity index (χ3v) is 1.99. The number of pyridine rings is 1. The molecule has 8 nitrogen and oxygen atoms in total. The second-order valence-electron chi connectivity index (χ2n) is 3.13. The SMILES string of the molecule is COc1ccc(NN=C2C(N)=NN=C2N)cn1. The molecule has 2 heterocycles. The van der Waals surface area contributed by atoms with E-state index in [1.165, 1.54) is 0 Å². The summed E-state index contributed by atoms with van der Waals surface area (Å²) >= 11 is 0. The smallest absolute Gasteiger partial charge is 0.213 e. The number of hydrogen-bond acceptors (Lipinski definition) is 8. The number of anilines is 1. The van der Waals surface area contributed by atoms with E-state index in [9.17, 15) is 0 Å². The normalized spacial score (nSPS) is 14.1. The van der Waals surface area contributed by atoms with Gasteiger partial charge in [-0.2, -0.15) is 5.10 Å². The van der Waals surface area contributed by atoms with Crippen molar-refractivity contribution in [2.75, 3.05) is 12.5 Å². The third-order valence-electron chi connectivity index (χ3n) is 1.99. The van der Waals surface area contributed by atoms with Crippen molar-refractivity contribution in [3.8, 4) is 5.88 Å². The number of rotatable bonds is 3. The molecule has 1 aliphatic heterocycles. The monoisotopic (exact) mass is 233 g/mol. The molecule has 8 heteroatoms. The van der Waals surface area contributed by atoms with Gasteiger partial charge in [-0.1, -0.05) is 0 Å². The average molecular weight is 233 g/mol. The van der Waals surface area contributed by atoms with E-state index in [0.29, 0.717) is 17.3 Å². The Morgan fingerprint density at radius 1 is 1.24 bits per heavy atom. The Morgan fingerprint density at radius 3 is 2.47 bits per heavy atom. The molecule has 0 saturated carbocycles. The predicted octanol–water partition coefficient (Wildman–Crippen LogP) is -0.499. The lowest BCUT2D eigenvalue weighted by Gasteiger charge is -2.03. The number of amidine groups is 2. The van der Waals surface area contributed by atoms with Crippen molar-refractivity contribution < 1.29 is 4.74 Å². The number of hydrazone groups is 1. The second kappa shape index (κ2) is 4.47. The largest absolute Gasteiger partial charge is 0.481 e. The number of hydrogen-bond donors (Lipinski definition) is 3. The van der Waals surface area contributed by atoms with Gasteiger partial charge in [-0.25, -0.2) is 4.98 Å². The molecule has 0 fully saturated rings. The number of nitrogens with one attached hydrogen (secondary N) is 1. The minimum absolute atomic E-state index is 0.177. The van der Waals surface area contributed by atoms with Gasteiger partial charge < -0.3 is 16.2 Å². The maximum absolute atomic E-state index is 5.53. The maximum atomic E-state index is 5.53. The topological polar surface area (TPSA) is 123 Å². The van der Waals surface area contributed by atoms with E-state index in [2.05, 4.69) is 25.7 Å². The molecule has 17 heavy (non-hydrogen) atoms. The van der Waals surface area contributed by atoms with Gasteiger partial charge >= 0.3 is 0 Å². The molecular formula is C9H11N7O. The van der Waals surface area contributed by atoms with Crippen molar-refractivity contribution in [1.82, 2.24) is 4.98 Å². The highest BCUT2D eigenvalue weighted by atomic mass is 16.5. The van der Waals surface area contributed by atoms with Crippen LogP contribution in [-0.2, 0) is 0 Å². The number of methoxy groups -OCH3 is 1. The summed E-state index contributed by atoms with van der Waals surface area (Å²) < 4.78 is 4.93. The van der Waals surface area contributed by atoms with E-state index in [1.807, 2.05) is 0 Å². The van der Waals surface area contributed by atoms with Crippen LogP contribution in [0.3, 0.4) is 0 Å². The zero-order chi connectivity index (χ0) is 12.3. The highest BCUT2D eigenvalue weighted by molar-refractivity contribution is 6.68. The van der Waals surface area contributed by atoms with Gasteiger partial charge in [0.15, 0.2) is 17.4 Å². The van der Waals surface area contributed by atoms with Gasteiger partial charge in [-0.3, -0.25) is 5.43 Å². The van der Waals surface area contributed by atoms with Crippen LogP contribution in [0.5, 0.6) is 5.88 Å². The summed E-state index contributed by atoms with van der Waals surface area (Å²) in [6.45, 7) is 0. The zero-order valence-electron chi connectivity index (χ0n) is 9.08. The fourth-order valence-corrected chi connectivity index (χ4v) is 1.14. The number of nitrogens with two attached hydrogens (primary N) is 2. The molecular weight excluding hydrogens is 222 g/mol. The van der Waals surface area contributed by atoms with E-state index in [1.54, 1.807) is 25.4 Å². The number of ether oxygens (including phenoxy) is 1. The highest BCUT2D eigenvalue weighted by Crippen LogP contribution is 2.10. The first-order valence-electron chi connectivity index (χ1n) is 4.72. The summed E-state index contributed by atoms with van der Waals surface area (Å²) in [6.07, 6.45) is 1.57. The molecule has 0 aliphatic carbocycles. The molecule has 1 aromatic rings. The molecule has 0 saturated heterocycles. The molecule has 0 unspecified atom stereocenters. The molecule has 0 aromatic carbocycles. The molecule has 2 rings (SSSR count). The van der Waals surface area contributed by atoms with Crippen molar-refractivity contribution in [1.29, 1.82) is 0 Å². The summed E-state index contributed by atoms with van der Waals surface area (Å²) in [4.78, 5) is 4.00. The van der Waals surface area contributed by atoms with Crippen LogP contribution in [0.1, 0.15) is 0 Å². The number of nitrogens with zero attached hydrogens (tertiary/aromatic N) is 4. The fraction of sp³-hybridized carbons (Fsp3) is 0.111. The van der Waals surface area contributed by atoms with Crippen molar-refractivity contribution in [2.24, 2.45) is 26.8 Å². The zero-order valence-corrected chi connectivity index (χ0v) is 9.08. The van der Waals surface area contributed by atoms with Gasteiger partial charge in [0, 0.05) is 6.07 Å². The minimum atomic E-state index is 0.177. The standard InChI is InChI=1S/C9H11N7O/c1-17-6-3-2-5(4-12-6)13-14-7-8(10)15-16-9(7)11/h2-4,13H,1H3,(H4,10,11,14,15,16). The maximum Gasteiger partial charge on any atom is 0.213 e. The van der Waals surface area contributed by atoms with Crippen molar-refractivity contribution in [3.63, 3.8) is 0 Å². The van der Waals surface area contributed by atoms with E-state index in [-0.39, 0.29) is 11.7 Å². The molecule has 5 N–H and O–H groups in total. The van der Waals surface area contributed by atoms with Crippen LogP contribution < -0.4 is 21.6 Å². The molecule has 0 bridgehead atoms. The summed E-state index contributed by atoms with van der Waals surface area (Å²) in [7, 11) is 1.54. The lowest BCUT2D eigenvalue weighted by atomic mass is 10.3. The Balaban J connectivity index is 2.09. The lowest BCUT2D eigenvalue weighted by Crippen LogP contribution is -2.32. The van der Waals surface area contributed by atoms with E-state index < -0.39 is 0 Å². The molecule has 88 valence electrons. The van der Waals surface area contributed by atoms with E-state index in [4.69, 9.17) is 16.2 Å². The molecule has 1 aromatic heterocycles. The Kier molecular flexibility index (Phi) is 2.86. The Labute approximate surface area is 97.1 Å². The predicted molar refractivity (Wildman–Crippen MR) is 65.1 cm³/mol. The van der Waals surface area contributed by atoms with Gasteiger partial charge in [0.25, 0.3) is 0 Å². The second-order valence-corrected chi connectivity index (χ2v) is 3.13. The van der Waals surface area contributed by atoms with E-state index in [0.717, 1.165) is 0 Å². The van der Waals surface area contributed by atoms with Crippen molar-refractivity contribution >= 4 is 23.1 Å². The summed E-state index contributed by atoms with van der Waals surface area (Å²) in [5.41, 5.74) is 14.8. The van der Waals surface area contributed by atoms with Crippen molar-refractivity contribution in [3.05, 3.63) is 18.3 Å². The first kappa shape index (κ1) is 10.9. The third kappa shape index (κ3) is 2.30. The molecule has 0 amide bonds. The van der Waals surface area contributed by atoms with Crippen LogP contribution in [0, 0.1) is 0 Å². The molecule has 0 atom stereocenters. The van der Waals surface area contributed by atoms with Crippen LogP contribution in [0.4, 0.5) is 5.69 Å². The van der Waals surface area contributed by atoms with Gasteiger partial charge in [0.1, 0.15) is 0 Å². The Morgan fingerprint density at radius 2 is 1.94 bits per heavy atom. The Bertz CT molecular complexity index is 483. The molecule has 1 aliphatic rings. The fourth-order valence-electron chi connectivity index (χ4n) is 1.14. The summed E-state index contributed by atoms with van der Waals surface area (Å²) in [6, 6.07) is 3.46. The van der Waals surface area contributed by atoms with Crippen LogP contribution in [0.25, 0.3) is 0 Å². The quantitative estimate of drug-likeness (QED) is 0.607. The first-order chi connectivity index (χ1) is 8.20. The van der Waals surface area contributed by atoms with Gasteiger partial charge in [0.05, 0.1) is 19.0 Å². The average Bonchev–Trinajstić information content (AvgIpc) is 2.67. The molecule has 0 radical (unpaired) electrons. The van der Waals surface area contributed by atoms with E-state index >= 15 is 0 Å². The van der Waals surface area contributed by atoms with Gasteiger partial charge in [-0.15, -0.1) is 10.2 Å². The number of aromatic nitrogens is 1. The van der Waals surface area contributed by atoms with Gasteiger partial charge in [0.2, 0.25) is 5.88 Å². The summed E-state index contributed by atoms with van der Waals surface area (Å²) in [5.74, 6) is 0.874.